The normalized spacial score (nSPS) is 16.0. The highest BCUT2D eigenvalue weighted by Crippen LogP contribution is 2.13. The monoisotopic (exact) mass is 516 g/mol. The number of rotatable bonds is 7. The molecular weight excluding hydrogens is 490 g/mol. The van der Waals surface area contributed by atoms with E-state index in [1.807, 2.05) is 6.92 Å². The number of aliphatic imine (C=N–C) groups is 1. The molecule has 1 aliphatic heterocycles. The van der Waals surface area contributed by atoms with Crippen molar-refractivity contribution in [1.82, 2.24) is 14.9 Å². The van der Waals surface area contributed by atoms with Crippen LogP contribution in [0.25, 0.3) is 0 Å². The average Bonchev–Trinajstić information content (AvgIpc) is 2.60. The average molecular weight is 516 g/mol. The summed E-state index contributed by atoms with van der Waals surface area (Å²) in [6, 6.07) is 6.27. The van der Waals surface area contributed by atoms with Gasteiger partial charge in [0.2, 0.25) is 10.0 Å². The lowest BCUT2D eigenvalue weighted by Gasteiger charge is -2.25. The molecule has 2 rings (SSSR count). The van der Waals surface area contributed by atoms with E-state index in [4.69, 9.17) is 0 Å². The topological polar surface area (TPSA) is 73.8 Å². The third-order valence-corrected chi connectivity index (χ3v) is 6.48. The molecule has 1 heterocycles. The lowest BCUT2D eigenvalue weighted by atomic mass is 10.2. The molecule has 10 heteroatoms. The van der Waals surface area contributed by atoms with Gasteiger partial charge in [0, 0.05) is 37.7 Å². The maximum atomic E-state index is 13.2. The summed E-state index contributed by atoms with van der Waals surface area (Å²) in [6.45, 7) is 4.36. The first-order valence-corrected chi connectivity index (χ1v) is 11.1. The van der Waals surface area contributed by atoms with Gasteiger partial charge in [0.05, 0.1) is 12.3 Å². The van der Waals surface area contributed by atoms with Gasteiger partial charge < -0.3 is 10.6 Å². The van der Waals surface area contributed by atoms with Crippen LogP contribution in [0.2, 0.25) is 0 Å². The van der Waals surface area contributed by atoms with Crippen molar-refractivity contribution in [2.24, 2.45) is 4.99 Å². The lowest BCUT2D eigenvalue weighted by Crippen LogP contribution is -2.44. The van der Waals surface area contributed by atoms with E-state index in [1.54, 1.807) is 28.2 Å². The van der Waals surface area contributed by atoms with Crippen molar-refractivity contribution < 1.29 is 12.8 Å². The smallest absolute Gasteiger partial charge is 0.215 e. The Morgan fingerprint density at radius 2 is 2.04 bits per heavy atom. The van der Waals surface area contributed by atoms with E-state index in [9.17, 15) is 12.8 Å². The molecule has 0 radical (unpaired) electrons. The molecule has 148 valence electrons. The molecule has 0 unspecified atom stereocenters. The Labute approximate surface area is 176 Å². The number of nitrogens with zero attached hydrogens (tertiary/aromatic N) is 2. The minimum Gasteiger partial charge on any atom is -0.357 e. The summed E-state index contributed by atoms with van der Waals surface area (Å²) in [4.78, 5) is 4.37. The molecular formula is C16H26FIN4O2S2. The summed E-state index contributed by atoms with van der Waals surface area (Å²) in [5.41, 5.74) is 0.760. The van der Waals surface area contributed by atoms with E-state index in [0.717, 1.165) is 17.1 Å². The molecule has 0 atom stereocenters. The first-order valence-electron chi connectivity index (χ1n) is 8.33. The number of hydrogen-bond donors (Lipinski definition) is 2. The zero-order valence-electron chi connectivity index (χ0n) is 14.8. The standard InChI is InChI=1S/C16H25FN4O2S2.HI/c1-2-18-16(20-13-14-4-3-5-15(17)12-14)19-6-11-25(22,23)21-7-9-24-10-8-21;/h3-5,12H,2,6-11,13H2,1H3,(H2,18,19,20);1H. The number of benzene rings is 1. The van der Waals surface area contributed by atoms with Crippen molar-refractivity contribution in [3.05, 3.63) is 35.6 Å². The Balaban J connectivity index is 0.00000338. The van der Waals surface area contributed by atoms with Gasteiger partial charge in [-0.25, -0.2) is 22.1 Å². The van der Waals surface area contributed by atoms with E-state index in [0.29, 0.717) is 32.1 Å². The molecule has 0 amide bonds. The second-order valence-electron chi connectivity index (χ2n) is 5.58. The summed E-state index contributed by atoms with van der Waals surface area (Å²) >= 11 is 1.78. The molecule has 0 spiro atoms. The molecule has 0 saturated carbocycles. The number of nitrogens with one attached hydrogen (secondary N) is 2. The largest absolute Gasteiger partial charge is 0.357 e. The van der Waals surface area contributed by atoms with E-state index in [2.05, 4.69) is 15.6 Å². The minimum absolute atomic E-state index is 0. The van der Waals surface area contributed by atoms with Crippen molar-refractivity contribution in [2.75, 3.05) is 43.4 Å². The van der Waals surface area contributed by atoms with Crippen molar-refractivity contribution in [3.63, 3.8) is 0 Å². The fourth-order valence-corrected chi connectivity index (χ4v) is 4.89. The molecule has 26 heavy (non-hydrogen) atoms. The van der Waals surface area contributed by atoms with Crippen LogP contribution in [0.4, 0.5) is 4.39 Å². The van der Waals surface area contributed by atoms with Crippen molar-refractivity contribution in [3.8, 4) is 0 Å². The predicted octanol–water partition coefficient (Wildman–Crippen LogP) is 1.88. The van der Waals surface area contributed by atoms with Crippen LogP contribution in [-0.2, 0) is 16.6 Å². The minimum atomic E-state index is -3.24. The first kappa shape index (κ1) is 23.4. The van der Waals surface area contributed by atoms with E-state index in [-0.39, 0.29) is 42.1 Å². The third-order valence-electron chi connectivity index (χ3n) is 3.67. The van der Waals surface area contributed by atoms with Gasteiger partial charge in [-0.3, -0.25) is 0 Å². The highest BCUT2D eigenvalue weighted by Gasteiger charge is 2.23. The van der Waals surface area contributed by atoms with Crippen molar-refractivity contribution in [1.29, 1.82) is 0 Å². The van der Waals surface area contributed by atoms with Crippen LogP contribution in [0.5, 0.6) is 0 Å². The van der Waals surface area contributed by atoms with Crippen LogP contribution >= 0.6 is 35.7 Å². The van der Waals surface area contributed by atoms with Gasteiger partial charge in [-0.15, -0.1) is 24.0 Å². The maximum absolute atomic E-state index is 13.2. The second kappa shape index (κ2) is 12.0. The van der Waals surface area contributed by atoms with Crippen LogP contribution in [0, 0.1) is 5.82 Å². The van der Waals surface area contributed by atoms with E-state index in [1.165, 1.54) is 12.1 Å². The van der Waals surface area contributed by atoms with Crippen LogP contribution in [-0.4, -0.2) is 62.1 Å². The highest BCUT2D eigenvalue weighted by atomic mass is 127. The maximum Gasteiger partial charge on any atom is 0.215 e. The quantitative estimate of drug-likeness (QED) is 0.329. The third kappa shape index (κ3) is 7.97. The van der Waals surface area contributed by atoms with E-state index < -0.39 is 10.0 Å². The second-order valence-corrected chi connectivity index (χ2v) is 8.89. The molecule has 2 N–H and O–H groups in total. The van der Waals surface area contributed by atoms with Gasteiger partial charge in [-0.1, -0.05) is 12.1 Å². The van der Waals surface area contributed by atoms with Gasteiger partial charge >= 0.3 is 0 Å². The van der Waals surface area contributed by atoms with E-state index >= 15 is 0 Å². The van der Waals surface area contributed by atoms with Gasteiger partial charge in [0.1, 0.15) is 5.82 Å². The predicted molar refractivity (Wildman–Crippen MR) is 117 cm³/mol. The summed E-state index contributed by atoms with van der Waals surface area (Å²) in [6.07, 6.45) is 0. The first-order chi connectivity index (χ1) is 12.0. The molecule has 1 fully saturated rings. The molecule has 6 nitrogen and oxygen atoms in total. The summed E-state index contributed by atoms with van der Waals surface area (Å²) in [5.74, 6) is 1.96. The molecule has 1 aromatic rings. The Bertz CT molecular complexity index is 683. The van der Waals surface area contributed by atoms with Crippen molar-refractivity contribution in [2.45, 2.75) is 13.5 Å². The van der Waals surface area contributed by atoms with Crippen LogP contribution in [0.1, 0.15) is 12.5 Å². The SMILES string of the molecule is CCNC(=NCc1cccc(F)c1)NCCS(=O)(=O)N1CCSCC1.I. The zero-order valence-corrected chi connectivity index (χ0v) is 18.7. The summed E-state index contributed by atoms with van der Waals surface area (Å²) in [5, 5.41) is 6.10. The lowest BCUT2D eigenvalue weighted by molar-refractivity contribution is 0.443. The molecule has 0 aliphatic carbocycles. The van der Waals surface area contributed by atoms with Gasteiger partial charge in [-0.2, -0.15) is 11.8 Å². The number of hydrogen-bond acceptors (Lipinski definition) is 4. The molecule has 0 aromatic heterocycles. The fourth-order valence-electron chi connectivity index (χ4n) is 2.40. The number of thioether (sulfide) groups is 1. The number of guanidine groups is 1. The summed E-state index contributed by atoms with van der Waals surface area (Å²) in [7, 11) is -3.24. The number of sulfonamides is 1. The molecule has 1 aliphatic rings. The molecule has 1 saturated heterocycles. The highest BCUT2D eigenvalue weighted by molar-refractivity contribution is 14.0. The number of halogens is 2. The Morgan fingerprint density at radius 3 is 2.69 bits per heavy atom. The van der Waals surface area contributed by atoms with Gasteiger partial charge in [-0.05, 0) is 24.6 Å². The van der Waals surface area contributed by atoms with Gasteiger partial charge in [0.25, 0.3) is 0 Å². The zero-order chi connectivity index (χ0) is 18.1. The molecule has 1 aromatic carbocycles. The Hall–Kier alpha value is -0.590. The van der Waals surface area contributed by atoms with Crippen LogP contribution in [0.15, 0.2) is 29.3 Å². The van der Waals surface area contributed by atoms with Crippen LogP contribution in [0.3, 0.4) is 0 Å². The summed E-state index contributed by atoms with van der Waals surface area (Å²) < 4.78 is 39.4. The Kier molecular flexibility index (Phi) is 10.8. The molecule has 0 bridgehead atoms. The van der Waals surface area contributed by atoms with Crippen molar-refractivity contribution >= 4 is 51.7 Å². The van der Waals surface area contributed by atoms with Gasteiger partial charge in [0.15, 0.2) is 5.96 Å². The van der Waals surface area contributed by atoms with Crippen LogP contribution < -0.4 is 10.6 Å². The fraction of sp³-hybridized carbons (Fsp3) is 0.562. The Morgan fingerprint density at radius 1 is 1.31 bits per heavy atom.